The van der Waals surface area contributed by atoms with Crippen molar-refractivity contribution in [3.8, 4) is 0 Å². The van der Waals surface area contributed by atoms with Gasteiger partial charge in [0.05, 0.1) is 16.1 Å². The minimum atomic E-state index is -0.0795. The number of anilines is 1. The molecule has 2 aromatic rings. The molecule has 0 unspecified atom stereocenters. The number of para-hydroxylation sites is 1. The first-order valence-electron chi connectivity index (χ1n) is 5.40. The van der Waals surface area contributed by atoms with E-state index in [0.29, 0.717) is 11.0 Å². The van der Waals surface area contributed by atoms with E-state index in [1.807, 2.05) is 22.8 Å². The summed E-state index contributed by atoms with van der Waals surface area (Å²) < 4.78 is 2.02. The standard InChI is InChI=1S/C12H16ClN3/c1-4-12(2,3)16-10-8(13)6-5-7-9(10)15-11(16)14/h5-7H,4H2,1-3H3,(H2,14,15). The zero-order chi connectivity index (χ0) is 11.9. The van der Waals surface area contributed by atoms with Crippen LogP contribution in [0.5, 0.6) is 0 Å². The first kappa shape index (κ1) is 11.3. The van der Waals surface area contributed by atoms with E-state index in [9.17, 15) is 0 Å². The first-order valence-corrected chi connectivity index (χ1v) is 5.78. The van der Waals surface area contributed by atoms with Crippen LogP contribution in [0.3, 0.4) is 0 Å². The van der Waals surface area contributed by atoms with Crippen molar-refractivity contribution in [1.29, 1.82) is 0 Å². The summed E-state index contributed by atoms with van der Waals surface area (Å²) in [6, 6.07) is 5.69. The second kappa shape index (κ2) is 3.67. The van der Waals surface area contributed by atoms with Crippen molar-refractivity contribution < 1.29 is 0 Å². The summed E-state index contributed by atoms with van der Waals surface area (Å²) in [7, 11) is 0. The molecule has 0 saturated carbocycles. The fourth-order valence-corrected chi connectivity index (χ4v) is 2.13. The molecule has 0 radical (unpaired) electrons. The van der Waals surface area contributed by atoms with Gasteiger partial charge in [0, 0.05) is 5.54 Å². The Bertz CT molecular complexity index is 528. The Hall–Kier alpha value is -1.22. The van der Waals surface area contributed by atoms with Crippen LogP contribution in [-0.4, -0.2) is 9.55 Å². The topological polar surface area (TPSA) is 43.8 Å². The molecule has 0 amide bonds. The molecule has 0 saturated heterocycles. The monoisotopic (exact) mass is 237 g/mol. The van der Waals surface area contributed by atoms with Gasteiger partial charge in [0.25, 0.3) is 0 Å². The lowest BCUT2D eigenvalue weighted by molar-refractivity contribution is 0.357. The number of aromatic nitrogens is 2. The summed E-state index contributed by atoms with van der Waals surface area (Å²) in [6.45, 7) is 6.39. The number of halogens is 1. The maximum Gasteiger partial charge on any atom is 0.201 e. The molecule has 1 aromatic heterocycles. The number of imidazole rings is 1. The Balaban J connectivity index is 2.83. The second-order valence-corrected chi connectivity index (χ2v) is 4.99. The molecular weight excluding hydrogens is 222 g/mol. The van der Waals surface area contributed by atoms with E-state index in [2.05, 4.69) is 25.8 Å². The maximum atomic E-state index is 6.22. The van der Waals surface area contributed by atoms with E-state index >= 15 is 0 Å². The van der Waals surface area contributed by atoms with Crippen LogP contribution in [0.2, 0.25) is 5.02 Å². The lowest BCUT2D eigenvalue weighted by Crippen LogP contribution is -2.26. The van der Waals surface area contributed by atoms with Crippen molar-refractivity contribution in [1.82, 2.24) is 9.55 Å². The van der Waals surface area contributed by atoms with E-state index in [4.69, 9.17) is 17.3 Å². The largest absolute Gasteiger partial charge is 0.369 e. The SMILES string of the molecule is CCC(C)(C)n1c(N)nc2cccc(Cl)c21. The van der Waals surface area contributed by atoms with Gasteiger partial charge in [0.15, 0.2) is 0 Å². The molecule has 0 aliphatic carbocycles. The number of benzene rings is 1. The minimum Gasteiger partial charge on any atom is -0.369 e. The fourth-order valence-electron chi connectivity index (χ4n) is 1.87. The summed E-state index contributed by atoms with van der Waals surface area (Å²) in [5, 5.41) is 0.697. The van der Waals surface area contributed by atoms with Gasteiger partial charge in [-0.15, -0.1) is 0 Å². The van der Waals surface area contributed by atoms with Crippen LogP contribution in [0.1, 0.15) is 27.2 Å². The van der Waals surface area contributed by atoms with Crippen molar-refractivity contribution >= 4 is 28.6 Å². The van der Waals surface area contributed by atoms with Crippen molar-refractivity contribution in [3.63, 3.8) is 0 Å². The van der Waals surface area contributed by atoms with Gasteiger partial charge in [-0.1, -0.05) is 24.6 Å². The van der Waals surface area contributed by atoms with E-state index in [0.717, 1.165) is 17.5 Å². The predicted molar refractivity (Wildman–Crippen MR) is 68.8 cm³/mol. The Morgan fingerprint density at radius 1 is 1.44 bits per heavy atom. The van der Waals surface area contributed by atoms with E-state index in [1.54, 1.807) is 0 Å². The molecule has 0 aliphatic rings. The van der Waals surface area contributed by atoms with Crippen molar-refractivity contribution in [2.45, 2.75) is 32.7 Å². The quantitative estimate of drug-likeness (QED) is 0.870. The van der Waals surface area contributed by atoms with Gasteiger partial charge < -0.3 is 10.3 Å². The number of nitrogen functional groups attached to an aromatic ring is 1. The summed E-state index contributed by atoms with van der Waals surface area (Å²) in [6.07, 6.45) is 0.966. The molecule has 0 aliphatic heterocycles. The van der Waals surface area contributed by atoms with Gasteiger partial charge in [0.2, 0.25) is 5.95 Å². The molecule has 0 bridgehead atoms. The molecule has 3 nitrogen and oxygen atoms in total. The molecule has 2 rings (SSSR count). The molecule has 86 valence electrons. The number of hydrogen-bond acceptors (Lipinski definition) is 2. The van der Waals surface area contributed by atoms with Gasteiger partial charge >= 0.3 is 0 Å². The summed E-state index contributed by atoms with van der Waals surface area (Å²) in [5.41, 5.74) is 7.68. The van der Waals surface area contributed by atoms with Crippen LogP contribution >= 0.6 is 11.6 Å². The number of rotatable bonds is 2. The molecule has 1 heterocycles. The lowest BCUT2D eigenvalue weighted by Gasteiger charge is -2.27. The average molecular weight is 238 g/mol. The third-order valence-corrected chi connectivity index (χ3v) is 3.43. The van der Waals surface area contributed by atoms with E-state index in [-0.39, 0.29) is 5.54 Å². The Morgan fingerprint density at radius 2 is 2.12 bits per heavy atom. The number of nitrogens with two attached hydrogens (primary N) is 1. The van der Waals surface area contributed by atoms with Gasteiger partial charge in [0.1, 0.15) is 0 Å². The normalized spacial score (nSPS) is 12.2. The number of hydrogen-bond donors (Lipinski definition) is 1. The highest BCUT2D eigenvalue weighted by Gasteiger charge is 2.24. The average Bonchev–Trinajstić information content (AvgIpc) is 2.56. The van der Waals surface area contributed by atoms with Crippen LogP contribution in [0.15, 0.2) is 18.2 Å². The van der Waals surface area contributed by atoms with E-state index < -0.39 is 0 Å². The number of nitrogens with zero attached hydrogens (tertiary/aromatic N) is 2. The first-order chi connectivity index (χ1) is 7.47. The number of fused-ring (bicyclic) bond motifs is 1. The molecule has 0 fully saturated rings. The minimum absolute atomic E-state index is 0.0795. The third kappa shape index (κ3) is 1.55. The molecule has 16 heavy (non-hydrogen) atoms. The maximum absolute atomic E-state index is 6.22. The fraction of sp³-hybridized carbons (Fsp3) is 0.417. The third-order valence-electron chi connectivity index (χ3n) is 3.12. The molecule has 0 spiro atoms. The van der Waals surface area contributed by atoms with Crippen LogP contribution in [0.25, 0.3) is 11.0 Å². The molecule has 0 atom stereocenters. The molecule has 4 heteroatoms. The molecule has 1 aromatic carbocycles. The summed E-state index contributed by atoms with van der Waals surface area (Å²) in [4.78, 5) is 4.34. The van der Waals surface area contributed by atoms with Gasteiger partial charge in [-0.2, -0.15) is 0 Å². The highest BCUT2D eigenvalue weighted by atomic mass is 35.5. The zero-order valence-corrected chi connectivity index (χ0v) is 10.5. The smallest absolute Gasteiger partial charge is 0.201 e. The van der Waals surface area contributed by atoms with Crippen LogP contribution in [0, 0.1) is 0 Å². The Labute approximate surface area is 100 Å². The van der Waals surface area contributed by atoms with Crippen molar-refractivity contribution in [2.75, 3.05) is 5.73 Å². The Kier molecular flexibility index (Phi) is 2.58. The summed E-state index contributed by atoms with van der Waals surface area (Å²) in [5.74, 6) is 0.523. The van der Waals surface area contributed by atoms with Gasteiger partial charge in [-0.05, 0) is 32.4 Å². The van der Waals surface area contributed by atoms with Crippen LogP contribution in [-0.2, 0) is 5.54 Å². The van der Waals surface area contributed by atoms with Gasteiger partial charge in [-0.25, -0.2) is 4.98 Å². The molecule has 2 N–H and O–H groups in total. The van der Waals surface area contributed by atoms with Crippen molar-refractivity contribution in [2.24, 2.45) is 0 Å². The Morgan fingerprint density at radius 3 is 2.75 bits per heavy atom. The predicted octanol–water partition coefficient (Wildman–Crippen LogP) is 3.42. The highest BCUT2D eigenvalue weighted by molar-refractivity contribution is 6.35. The second-order valence-electron chi connectivity index (χ2n) is 4.58. The van der Waals surface area contributed by atoms with Gasteiger partial charge in [-0.3, -0.25) is 0 Å². The molecular formula is C12H16ClN3. The lowest BCUT2D eigenvalue weighted by atomic mass is 10.0. The van der Waals surface area contributed by atoms with Crippen molar-refractivity contribution in [3.05, 3.63) is 23.2 Å². The van der Waals surface area contributed by atoms with E-state index in [1.165, 1.54) is 0 Å². The van der Waals surface area contributed by atoms with Crippen LogP contribution < -0.4 is 5.73 Å². The van der Waals surface area contributed by atoms with Crippen LogP contribution in [0.4, 0.5) is 5.95 Å². The summed E-state index contributed by atoms with van der Waals surface area (Å²) >= 11 is 6.22. The highest BCUT2D eigenvalue weighted by Crippen LogP contribution is 2.32. The zero-order valence-electron chi connectivity index (χ0n) is 9.79.